The Morgan fingerprint density at radius 3 is 2.50 bits per heavy atom. The van der Waals surface area contributed by atoms with E-state index in [-0.39, 0.29) is 31.6 Å². The predicted molar refractivity (Wildman–Crippen MR) is 75.2 cm³/mol. The van der Waals surface area contributed by atoms with Crippen LogP contribution in [0.25, 0.3) is 0 Å². The number of benzene rings is 1. The number of esters is 1. The standard InChI is InChI=1S/C14H20N2O4/c1-10(2)16-13(17)7-8-19-14(18)9-20-12-5-3-11(15)4-6-12/h3-6,10H,7-9,15H2,1-2H3,(H,16,17). The summed E-state index contributed by atoms with van der Waals surface area (Å²) in [5.74, 6) is -0.125. The van der Waals surface area contributed by atoms with Gasteiger partial charge in [0, 0.05) is 11.7 Å². The van der Waals surface area contributed by atoms with Gasteiger partial charge in [0.15, 0.2) is 6.61 Å². The van der Waals surface area contributed by atoms with E-state index in [0.29, 0.717) is 11.4 Å². The second kappa shape index (κ2) is 8.04. The summed E-state index contributed by atoms with van der Waals surface area (Å²) in [7, 11) is 0. The third-order valence-electron chi connectivity index (χ3n) is 2.28. The Bertz CT molecular complexity index is 443. The van der Waals surface area contributed by atoms with Gasteiger partial charge in [-0.05, 0) is 38.1 Å². The van der Waals surface area contributed by atoms with Gasteiger partial charge in [0.1, 0.15) is 12.4 Å². The van der Waals surface area contributed by atoms with E-state index < -0.39 is 5.97 Å². The van der Waals surface area contributed by atoms with Crippen LogP contribution in [0.4, 0.5) is 5.69 Å². The van der Waals surface area contributed by atoms with Crippen LogP contribution in [0.15, 0.2) is 24.3 Å². The zero-order valence-corrected chi connectivity index (χ0v) is 11.7. The topological polar surface area (TPSA) is 90.6 Å². The number of amides is 1. The molecule has 0 fully saturated rings. The first-order valence-corrected chi connectivity index (χ1v) is 6.40. The number of nitrogens with two attached hydrogens (primary N) is 1. The number of anilines is 1. The largest absolute Gasteiger partial charge is 0.482 e. The Hall–Kier alpha value is -2.24. The lowest BCUT2D eigenvalue weighted by molar-refractivity contribution is -0.146. The summed E-state index contributed by atoms with van der Waals surface area (Å²) in [6, 6.07) is 6.76. The fourth-order valence-electron chi connectivity index (χ4n) is 1.40. The van der Waals surface area contributed by atoms with Gasteiger partial charge in [-0.1, -0.05) is 0 Å². The van der Waals surface area contributed by atoms with E-state index in [1.807, 2.05) is 13.8 Å². The fraction of sp³-hybridized carbons (Fsp3) is 0.429. The van der Waals surface area contributed by atoms with Crippen LogP contribution in [0.1, 0.15) is 20.3 Å². The monoisotopic (exact) mass is 280 g/mol. The maximum atomic E-state index is 11.4. The van der Waals surface area contributed by atoms with E-state index in [1.165, 1.54) is 0 Å². The molecule has 1 amide bonds. The minimum Gasteiger partial charge on any atom is -0.482 e. The van der Waals surface area contributed by atoms with Gasteiger partial charge in [-0.3, -0.25) is 4.79 Å². The molecule has 0 saturated heterocycles. The van der Waals surface area contributed by atoms with Gasteiger partial charge in [-0.15, -0.1) is 0 Å². The minimum atomic E-state index is -0.515. The number of hydrogen-bond donors (Lipinski definition) is 2. The van der Waals surface area contributed by atoms with Crippen molar-refractivity contribution in [1.29, 1.82) is 0 Å². The van der Waals surface area contributed by atoms with E-state index in [9.17, 15) is 9.59 Å². The van der Waals surface area contributed by atoms with E-state index in [1.54, 1.807) is 24.3 Å². The Morgan fingerprint density at radius 2 is 1.90 bits per heavy atom. The molecule has 1 aromatic rings. The van der Waals surface area contributed by atoms with Gasteiger partial charge < -0.3 is 20.5 Å². The zero-order valence-electron chi connectivity index (χ0n) is 11.7. The number of carbonyl (C=O) groups excluding carboxylic acids is 2. The van der Waals surface area contributed by atoms with Gasteiger partial charge in [0.25, 0.3) is 0 Å². The average molecular weight is 280 g/mol. The predicted octanol–water partition coefficient (Wildman–Crippen LogP) is 1.11. The average Bonchev–Trinajstić information content (AvgIpc) is 2.37. The van der Waals surface area contributed by atoms with Gasteiger partial charge in [-0.25, -0.2) is 4.79 Å². The highest BCUT2D eigenvalue weighted by atomic mass is 16.6. The molecule has 20 heavy (non-hydrogen) atoms. The maximum Gasteiger partial charge on any atom is 0.344 e. The molecular weight excluding hydrogens is 260 g/mol. The molecule has 0 radical (unpaired) electrons. The molecule has 0 heterocycles. The molecular formula is C14H20N2O4. The highest BCUT2D eigenvalue weighted by Gasteiger charge is 2.07. The molecule has 1 aromatic carbocycles. The van der Waals surface area contributed by atoms with Gasteiger partial charge in [0.05, 0.1) is 6.42 Å². The van der Waals surface area contributed by atoms with Crippen LogP contribution in [0.2, 0.25) is 0 Å². The Balaban J connectivity index is 2.17. The molecule has 0 aliphatic heterocycles. The summed E-state index contributed by atoms with van der Waals surface area (Å²) in [5, 5.41) is 2.71. The van der Waals surface area contributed by atoms with E-state index >= 15 is 0 Å². The van der Waals surface area contributed by atoms with Crippen LogP contribution in [0.5, 0.6) is 5.75 Å². The van der Waals surface area contributed by atoms with Crippen LogP contribution >= 0.6 is 0 Å². The number of ether oxygens (including phenoxy) is 2. The second-order valence-corrected chi connectivity index (χ2v) is 4.55. The summed E-state index contributed by atoms with van der Waals surface area (Å²) in [6.07, 6.45) is 0.145. The summed E-state index contributed by atoms with van der Waals surface area (Å²) in [6.45, 7) is 3.58. The van der Waals surface area contributed by atoms with Gasteiger partial charge in [0.2, 0.25) is 5.91 Å². The minimum absolute atomic E-state index is 0.0441. The van der Waals surface area contributed by atoms with Crippen LogP contribution in [0.3, 0.4) is 0 Å². The normalized spacial score (nSPS) is 10.2. The molecule has 0 aromatic heterocycles. The molecule has 0 bridgehead atoms. The lowest BCUT2D eigenvalue weighted by atomic mass is 10.3. The van der Waals surface area contributed by atoms with Crippen molar-refractivity contribution in [3.05, 3.63) is 24.3 Å². The molecule has 0 aliphatic rings. The molecule has 0 spiro atoms. The van der Waals surface area contributed by atoms with E-state index in [2.05, 4.69) is 5.32 Å². The van der Waals surface area contributed by atoms with Crippen LogP contribution in [-0.4, -0.2) is 31.1 Å². The highest BCUT2D eigenvalue weighted by molar-refractivity contribution is 5.77. The number of carbonyl (C=O) groups is 2. The molecule has 110 valence electrons. The SMILES string of the molecule is CC(C)NC(=O)CCOC(=O)COc1ccc(N)cc1. The first-order valence-electron chi connectivity index (χ1n) is 6.40. The molecule has 0 atom stereocenters. The number of hydrogen-bond acceptors (Lipinski definition) is 5. The highest BCUT2D eigenvalue weighted by Crippen LogP contribution is 2.12. The Kier molecular flexibility index (Phi) is 6.36. The molecule has 0 aliphatic carbocycles. The molecule has 1 rings (SSSR count). The van der Waals surface area contributed by atoms with Crippen LogP contribution in [0, 0.1) is 0 Å². The van der Waals surface area contributed by atoms with Crippen molar-refractivity contribution in [2.24, 2.45) is 0 Å². The fourth-order valence-corrected chi connectivity index (χ4v) is 1.40. The van der Waals surface area contributed by atoms with Crippen molar-refractivity contribution in [3.8, 4) is 5.75 Å². The van der Waals surface area contributed by atoms with Crippen LogP contribution < -0.4 is 15.8 Å². The summed E-state index contributed by atoms with van der Waals surface area (Å²) >= 11 is 0. The van der Waals surface area contributed by atoms with E-state index in [0.717, 1.165) is 0 Å². The van der Waals surface area contributed by atoms with Crippen molar-refractivity contribution >= 4 is 17.6 Å². The zero-order chi connectivity index (χ0) is 15.0. The van der Waals surface area contributed by atoms with Crippen molar-refractivity contribution in [2.45, 2.75) is 26.3 Å². The van der Waals surface area contributed by atoms with E-state index in [4.69, 9.17) is 15.2 Å². The van der Waals surface area contributed by atoms with Crippen molar-refractivity contribution < 1.29 is 19.1 Å². The maximum absolute atomic E-state index is 11.4. The number of nitrogens with one attached hydrogen (secondary N) is 1. The first kappa shape index (κ1) is 15.8. The Labute approximate surface area is 118 Å². The Morgan fingerprint density at radius 1 is 1.25 bits per heavy atom. The van der Waals surface area contributed by atoms with Crippen molar-refractivity contribution in [1.82, 2.24) is 5.32 Å². The molecule has 3 N–H and O–H groups in total. The lowest BCUT2D eigenvalue weighted by Gasteiger charge is -2.09. The quantitative estimate of drug-likeness (QED) is 0.576. The van der Waals surface area contributed by atoms with Gasteiger partial charge >= 0.3 is 5.97 Å². The first-order chi connectivity index (χ1) is 9.47. The summed E-state index contributed by atoms with van der Waals surface area (Å²) in [4.78, 5) is 22.7. The summed E-state index contributed by atoms with van der Waals surface area (Å²) in [5.41, 5.74) is 6.15. The van der Waals surface area contributed by atoms with Crippen LogP contribution in [-0.2, 0) is 14.3 Å². The molecule has 0 saturated carbocycles. The number of rotatable bonds is 7. The van der Waals surface area contributed by atoms with Gasteiger partial charge in [-0.2, -0.15) is 0 Å². The number of nitrogen functional groups attached to an aromatic ring is 1. The summed E-state index contributed by atoms with van der Waals surface area (Å²) < 4.78 is 10.1. The lowest BCUT2D eigenvalue weighted by Crippen LogP contribution is -2.31. The van der Waals surface area contributed by atoms with Crippen molar-refractivity contribution in [3.63, 3.8) is 0 Å². The third-order valence-corrected chi connectivity index (χ3v) is 2.28. The van der Waals surface area contributed by atoms with Crippen molar-refractivity contribution in [2.75, 3.05) is 18.9 Å². The smallest absolute Gasteiger partial charge is 0.344 e. The molecule has 0 unspecified atom stereocenters. The second-order valence-electron chi connectivity index (χ2n) is 4.55. The molecule has 6 heteroatoms. The molecule has 6 nitrogen and oxygen atoms in total. The third kappa shape index (κ3) is 6.63.